The van der Waals surface area contributed by atoms with Crippen LogP contribution in [-0.2, 0) is 0 Å². The lowest BCUT2D eigenvalue weighted by Crippen LogP contribution is -2.49. The SMILES string of the molecule is C[Si]1(C)c2ccccc2-c2c1cc(-c1nc(-c3ccc4ccc5ccccc5c4c3)nc(-c3cccc4ccccc34)n1)c1c2oc2ccccc21. The van der Waals surface area contributed by atoms with E-state index in [-0.39, 0.29) is 0 Å². The molecule has 0 unspecified atom stereocenters. The van der Waals surface area contributed by atoms with Gasteiger partial charge in [0.25, 0.3) is 0 Å². The minimum atomic E-state index is -2.09. The summed E-state index contributed by atoms with van der Waals surface area (Å²) in [5.74, 6) is 1.94. The first-order valence-electron chi connectivity index (χ1n) is 17.8. The molecule has 0 fully saturated rings. The van der Waals surface area contributed by atoms with Crippen LogP contribution >= 0.6 is 0 Å². The third kappa shape index (κ3) is 4.17. The molecule has 0 bridgehead atoms. The summed E-state index contributed by atoms with van der Waals surface area (Å²) in [6.45, 7) is 4.88. The van der Waals surface area contributed by atoms with Crippen molar-refractivity contribution in [1.82, 2.24) is 15.0 Å². The minimum Gasteiger partial charge on any atom is -0.455 e. The zero-order valence-corrected chi connectivity index (χ0v) is 29.7. The van der Waals surface area contributed by atoms with Gasteiger partial charge in [-0.05, 0) is 66.5 Å². The van der Waals surface area contributed by atoms with Crippen LogP contribution in [0.4, 0.5) is 0 Å². The first-order valence-corrected chi connectivity index (χ1v) is 20.8. The molecule has 11 rings (SSSR count). The fraction of sp³-hybridized carbons (Fsp3) is 0.0426. The lowest BCUT2D eigenvalue weighted by molar-refractivity contribution is 0.670. The first kappa shape index (κ1) is 29.3. The summed E-state index contributed by atoms with van der Waals surface area (Å²) in [5.41, 5.74) is 7.17. The zero-order chi connectivity index (χ0) is 34.6. The summed E-state index contributed by atoms with van der Waals surface area (Å²) < 4.78 is 6.84. The molecule has 2 aromatic heterocycles. The van der Waals surface area contributed by atoms with Crippen LogP contribution in [0.2, 0.25) is 13.1 Å². The first-order chi connectivity index (χ1) is 25.5. The van der Waals surface area contributed by atoms with Crippen LogP contribution in [0, 0.1) is 0 Å². The number of furan rings is 1. The van der Waals surface area contributed by atoms with Gasteiger partial charge in [-0.25, -0.2) is 15.0 Å². The molecule has 52 heavy (non-hydrogen) atoms. The van der Waals surface area contributed by atoms with Gasteiger partial charge < -0.3 is 4.42 Å². The van der Waals surface area contributed by atoms with E-state index in [0.29, 0.717) is 17.5 Å². The van der Waals surface area contributed by atoms with Gasteiger partial charge in [0.15, 0.2) is 17.5 Å². The van der Waals surface area contributed by atoms with Crippen LogP contribution in [0.15, 0.2) is 156 Å². The molecule has 0 spiro atoms. The van der Waals surface area contributed by atoms with Gasteiger partial charge in [0.1, 0.15) is 19.2 Å². The lowest BCUT2D eigenvalue weighted by Gasteiger charge is -2.19. The lowest BCUT2D eigenvalue weighted by atomic mass is 9.97. The predicted octanol–water partition coefficient (Wildman–Crippen LogP) is 11.0. The molecule has 0 atom stereocenters. The van der Waals surface area contributed by atoms with E-state index >= 15 is 0 Å². The minimum absolute atomic E-state index is 0.643. The molecule has 1 aliphatic heterocycles. The smallest absolute Gasteiger partial charge is 0.164 e. The van der Waals surface area contributed by atoms with E-state index in [2.05, 4.69) is 159 Å². The number of benzene rings is 8. The average Bonchev–Trinajstić information content (AvgIpc) is 3.69. The van der Waals surface area contributed by atoms with Crippen molar-refractivity contribution in [3.05, 3.63) is 152 Å². The summed E-state index contributed by atoms with van der Waals surface area (Å²) in [4.78, 5) is 16.0. The highest BCUT2D eigenvalue weighted by atomic mass is 28.3. The molecule has 244 valence electrons. The van der Waals surface area contributed by atoms with Crippen molar-refractivity contribution in [1.29, 1.82) is 0 Å². The molecule has 0 radical (unpaired) electrons. The molecular weight excluding hydrogens is 651 g/mol. The van der Waals surface area contributed by atoms with E-state index in [1.807, 2.05) is 6.07 Å². The molecular formula is C47H31N3OSi. The average molecular weight is 682 g/mol. The fourth-order valence-corrected chi connectivity index (χ4v) is 11.6. The molecule has 4 nitrogen and oxygen atoms in total. The van der Waals surface area contributed by atoms with E-state index < -0.39 is 8.07 Å². The normalized spacial score (nSPS) is 13.3. The Morgan fingerprint density at radius 2 is 1.04 bits per heavy atom. The Balaban J connectivity index is 1.25. The second kappa shape index (κ2) is 10.8. The highest BCUT2D eigenvalue weighted by Crippen LogP contribution is 2.44. The summed E-state index contributed by atoms with van der Waals surface area (Å²) in [6.07, 6.45) is 0. The van der Waals surface area contributed by atoms with E-state index in [4.69, 9.17) is 19.4 Å². The molecule has 0 N–H and O–H groups in total. The molecule has 5 heteroatoms. The number of fused-ring (bicyclic) bond motifs is 11. The Morgan fingerprint density at radius 3 is 1.88 bits per heavy atom. The van der Waals surface area contributed by atoms with Crippen LogP contribution in [0.3, 0.4) is 0 Å². The maximum Gasteiger partial charge on any atom is 0.164 e. The summed E-state index contributed by atoms with van der Waals surface area (Å²) >= 11 is 0. The summed E-state index contributed by atoms with van der Waals surface area (Å²) in [5, 5.41) is 11.9. The van der Waals surface area contributed by atoms with Crippen molar-refractivity contribution in [2.24, 2.45) is 0 Å². The maximum absolute atomic E-state index is 6.84. The summed E-state index contributed by atoms with van der Waals surface area (Å²) in [7, 11) is -2.09. The largest absolute Gasteiger partial charge is 0.455 e. The number of aromatic nitrogens is 3. The highest BCUT2D eigenvalue weighted by Gasteiger charge is 2.40. The van der Waals surface area contributed by atoms with Crippen molar-refractivity contribution in [3.63, 3.8) is 0 Å². The van der Waals surface area contributed by atoms with Gasteiger partial charge in [0.05, 0.1) is 0 Å². The standard InChI is InChI=1S/C47H31N3OSi/c1-52(2)40-21-10-8-18-36(40)43-41(52)27-38(42-35-17-7-9-20-39(35)51-44(42)43)47-49-45(48-46(50-47)34-19-11-14-28-12-3-5-15-32(28)34)31-25-24-30-23-22-29-13-4-6-16-33(29)37(30)26-31/h3-27H,1-2H3. The van der Waals surface area contributed by atoms with Gasteiger partial charge >= 0.3 is 0 Å². The Morgan fingerprint density at radius 1 is 0.442 bits per heavy atom. The Bertz CT molecular complexity index is 3120. The molecule has 0 saturated heterocycles. The van der Waals surface area contributed by atoms with Gasteiger partial charge in [-0.15, -0.1) is 0 Å². The number of rotatable bonds is 3. The van der Waals surface area contributed by atoms with Gasteiger partial charge in [-0.3, -0.25) is 0 Å². The summed E-state index contributed by atoms with van der Waals surface area (Å²) in [6, 6.07) is 53.9. The van der Waals surface area contributed by atoms with Crippen molar-refractivity contribution in [2.75, 3.05) is 0 Å². The molecule has 1 aliphatic rings. The van der Waals surface area contributed by atoms with E-state index in [1.54, 1.807) is 0 Å². The van der Waals surface area contributed by atoms with Crippen LogP contribution in [0.1, 0.15) is 0 Å². The second-order valence-corrected chi connectivity index (χ2v) is 18.7. The van der Waals surface area contributed by atoms with Gasteiger partial charge in [0, 0.05) is 33.0 Å². The quantitative estimate of drug-likeness (QED) is 0.138. The van der Waals surface area contributed by atoms with E-state index in [9.17, 15) is 0 Å². The van der Waals surface area contributed by atoms with Gasteiger partial charge in [-0.2, -0.15) is 0 Å². The number of para-hydroxylation sites is 1. The molecule has 0 amide bonds. The van der Waals surface area contributed by atoms with Crippen molar-refractivity contribution in [2.45, 2.75) is 13.1 Å². The predicted molar refractivity (Wildman–Crippen MR) is 218 cm³/mol. The fourth-order valence-electron chi connectivity index (χ4n) is 8.54. The third-order valence-corrected chi connectivity index (χ3v) is 14.6. The molecule has 8 aromatic carbocycles. The Kier molecular flexibility index (Phi) is 6.08. The van der Waals surface area contributed by atoms with Gasteiger partial charge in [-0.1, -0.05) is 147 Å². The zero-order valence-electron chi connectivity index (χ0n) is 28.7. The molecule has 10 aromatic rings. The second-order valence-electron chi connectivity index (χ2n) is 14.4. The van der Waals surface area contributed by atoms with Gasteiger partial charge in [0.2, 0.25) is 0 Å². The highest BCUT2D eigenvalue weighted by molar-refractivity contribution is 7.04. The Labute approximate surface area is 301 Å². The number of hydrogen-bond acceptors (Lipinski definition) is 4. The van der Waals surface area contributed by atoms with Crippen LogP contribution < -0.4 is 10.4 Å². The van der Waals surface area contributed by atoms with Crippen molar-refractivity contribution in [3.8, 4) is 45.3 Å². The molecule has 3 heterocycles. The van der Waals surface area contributed by atoms with Crippen molar-refractivity contribution < 1.29 is 4.42 Å². The van der Waals surface area contributed by atoms with E-state index in [0.717, 1.165) is 49.4 Å². The van der Waals surface area contributed by atoms with Crippen LogP contribution in [0.5, 0.6) is 0 Å². The maximum atomic E-state index is 6.84. The Hall–Kier alpha value is -6.43. The molecule has 0 aliphatic carbocycles. The van der Waals surface area contributed by atoms with Crippen LogP contribution in [-0.4, -0.2) is 23.0 Å². The number of hydrogen-bond donors (Lipinski definition) is 0. The topological polar surface area (TPSA) is 51.8 Å². The number of nitrogens with zero attached hydrogens (tertiary/aromatic N) is 3. The van der Waals surface area contributed by atoms with E-state index in [1.165, 1.54) is 43.0 Å². The molecule has 0 saturated carbocycles. The third-order valence-electron chi connectivity index (χ3n) is 11.1. The van der Waals surface area contributed by atoms with Crippen molar-refractivity contribution >= 4 is 72.7 Å². The monoisotopic (exact) mass is 681 g/mol. The van der Waals surface area contributed by atoms with Crippen LogP contribution in [0.25, 0.3) is 99.5 Å².